The molecule has 0 fully saturated rings. The molecule has 0 aliphatic heterocycles. The largest absolute Gasteiger partial charge is 0.481 e. The first-order valence-electron chi connectivity index (χ1n) is 6.40. The molecule has 0 saturated heterocycles. The molecule has 0 aromatic carbocycles. The number of aliphatic carboxylic acids is 1. The van der Waals surface area contributed by atoms with Gasteiger partial charge in [0.1, 0.15) is 0 Å². The van der Waals surface area contributed by atoms with E-state index < -0.39 is 23.9 Å². The number of alkyl halides is 1. The van der Waals surface area contributed by atoms with Crippen LogP contribution in [0, 0.1) is 5.92 Å². The molecule has 116 valence electrons. The Morgan fingerprint density at radius 3 is 2.71 bits per heavy atom. The Hall–Kier alpha value is -2.02. The number of urea groups is 2. The number of carboxylic acid groups (broad SMARTS) is 1. The summed E-state index contributed by atoms with van der Waals surface area (Å²) in [6, 6.07) is -1.72. The van der Waals surface area contributed by atoms with Crippen LogP contribution >= 0.6 is 11.6 Å². The van der Waals surface area contributed by atoms with Crippen LogP contribution < -0.4 is 11.1 Å². The van der Waals surface area contributed by atoms with E-state index in [0.717, 1.165) is 5.57 Å². The molecular weight excluding hydrogens is 298 g/mol. The smallest absolute Gasteiger partial charge is 0.325 e. The maximum Gasteiger partial charge on any atom is 0.325 e. The van der Waals surface area contributed by atoms with Crippen LogP contribution in [0.5, 0.6) is 0 Å². The van der Waals surface area contributed by atoms with Crippen LogP contribution in [-0.2, 0) is 4.79 Å². The van der Waals surface area contributed by atoms with Crippen LogP contribution in [-0.4, -0.2) is 46.5 Å². The van der Waals surface area contributed by atoms with Gasteiger partial charge in [0.2, 0.25) is 0 Å². The number of nitrogens with two attached hydrogens (primary N) is 1. The molecule has 8 heteroatoms. The van der Waals surface area contributed by atoms with Crippen molar-refractivity contribution < 1.29 is 19.5 Å². The normalized spacial score (nSPS) is 18.6. The Kier molecular flexibility index (Phi) is 6.23. The van der Waals surface area contributed by atoms with E-state index in [2.05, 4.69) is 5.32 Å². The number of carbonyl (C=O) groups excluding carboxylic acids is 2. The quantitative estimate of drug-likeness (QED) is 0.663. The van der Waals surface area contributed by atoms with Crippen LogP contribution in [0.2, 0.25) is 0 Å². The SMILES string of the molecule is C[C@@H](CN(C(N)=O)C(=O)NCC1=CCC(Cl)C=C1)C(=O)O. The van der Waals surface area contributed by atoms with Crippen LogP contribution in [0.3, 0.4) is 0 Å². The predicted octanol–water partition coefficient (Wildman–Crippen LogP) is 1.29. The molecule has 1 unspecified atom stereocenters. The van der Waals surface area contributed by atoms with Crippen molar-refractivity contribution in [2.24, 2.45) is 11.7 Å². The summed E-state index contributed by atoms with van der Waals surface area (Å²) in [5.41, 5.74) is 5.96. The minimum absolute atomic E-state index is 0.0528. The van der Waals surface area contributed by atoms with Crippen LogP contribution in [0.4, 0.5) is 9.59 Å². The first-order chi connectivity index (χ1) is 9.81. The fraction of sp³-hybridized carbons (Fsp3) is 0.462. The summed E-state index contributed by atoms with van der Waals surface area (Å²) in [5.74, 6) is -2.01. The third-order valence-electron chi connectivity index (χ3n) is 2.96. The fourth-order valence-corrected chi connectivity index (χ4v) is 1.83. The van der Waals surface area contributed by atoms with Crippen molar-refractivity contribution in [1.29, 1.82) is 0 Å². The fourth-order valence-electron chi connectivity index (χ4n) is 1.67. The Morgan fingerprint density at radius 1 is 1.57 bits per heavy atom. The van der Waals surface area contributed by atoms with E-state index in [1.54, 1.807) is 12.2 Å². The molecule has 4 N–H and O–H groups in total. The highest BCUT2D eigenvalue weighted by molar-refractivity contribution is 6.22. The highest BCUT2D eigenvalue weighted by Crippen LogP contribution is 2.14. The number of rotatable bonds is 5. The number of carbonyl (C=O) groups is 3. The number of nitrogens with zero attached hydrogens (tertiary/aromatic N) is 1. The first-order valence-corrected chi connectivity index (χ1v) is 6.83. The second-order valence-corrected chi connectivity index (χ2v) is 5.30. The predicted molar refractivity (Wildman–Crippen MR) is 78.0 cm³/mol. The van der Waals surface area contributed by atoms with Gasteiger partial charge in [-0.25, -0.2) is 14.5 Å². The zero-order chi connectivity index (χ0) is 16.0. The molecule has 0 radical (unpaired) electrons. The van der Waals surface area contributed by atoms with Gasteiger partial charge in [-0.1, -0.05) is 25.2 Å². The molecule has 0 aromatic heterocycles. The number of allylic oxidation sites excluding steroid dienone is 2. The number of primary amides is 1. The van der Waals surface area contributed by atoms with Gasteiger partial charge in [0.15, 0.2) is 0 Å². The van der Waals surface area contributed by atoms with Gasteiger partial charge in [0, 0.05) is 13.1 Å². The lowest BCUT2D eigenvalue weighted by atomic mass is 10.1. The van der Waals surface area contributed by atoms with E-state index in [9.17, 15) is 14.4 Å². The number of imide groups is 1. The van der Waals surface area contributed by atoms with Gasteiger partial charge >= 0.3 is 18.0 Å². The first kappa shape index (κ1) is 17.0. The van der Waals surface area contributed by atoms with E-state index in [0.29, 0.717) is 11.3 Å². The van der Waals surface area contributed by atoms with Crippen LogP contribution in [0.25, 0.3) is 0 Å². The number of carboxylic acids is 1. The molecule has 7 nitrogen and oxygen atoms in total. The molecule has 2 atom stereocenters. The molecule has 21 heavy (non-hydrogen) atoms. The lowest BCUT2D eigenvalue weighted by Crippen LogP contribution is -2.49. The number of amides is 4. The minimum Gasteiger partial charge on any atom is -0.481 e. The van der Waals surface area contributed by atoms with E-state index in [1.165, 1.54) is 6.92 Å². The van der Waals surface area contributed by atoms with Gasteiger partial charge in [-0.2, -0.15) is 0 Å². The molecule has 0 saturated carbocycles. The second kappa shape index (κ2) is 7.68. The van der Waals surface area contributed by atoms with E-state index >= 15 is 0 Å². The lowest BCUT2D eigenvalue weighted by Gasteiger charge is -2.21. The summed E-state index contributed by atoms with van der Waals surface area (Å²) in [6.07, 6.45) is 6.14. The summed E-state index contributed by atoms with van der Waals surface area (Å²) in [7, 11) is 0. The molecule has 1 rings (SSSR count). The van der Waals surface area contributed by atoms with Gasteiger partial charge in [-0.15, -0.1) is 11.6 Å². The van der Waals surface area contributed by atoms with Gasteiger partial charge in [0.25, 0.3) is 0 Å². The van der Waals surface area contributed by atoms with Crippen molar-refractivity contribution in [3.8, 4) is 0 Å². The summed E-state index contributed by atoms with van der Waals surface area (Å²) in [4.78, 5) is 34.6. The van der Waals surface area contributed by atoms with Crippen molar-refractivity contribution >= 4 is 29.6 Å². The number of halogens is 1. The summed E-state index contributed by atoms with van der Waals surface area (Å²) < 4.78 is 0. The standard InChI is InChI=1S/C13H18ClN3O4/c1-8(11(18)19)7-17(12(15)20)13(21)16-6-9-2-4-10(14)5-3-9/h2-4,8,10H,5-7H2,1H3,(H2,15,20)(H,16,21)(H,18,19)/t8-,10?/m0/s1. The van der Waals surface area contributed by atoms with Crippen molar-refractivity contribution in [3.05, 3.63) is 23.8 Å². The molecule has 4 amide bonds. The van der Waals surface area contributed by atoms with E-state index in [1.807, 2.05) is 6.08 Å². The maximum absolute atomic E-state index is 11.9. The van der Waals surface area contributed by atoms with Crippen molar-refractivity contribution in [1.82, 2.24) is 10.2 Å². The zero-order valence-corrected chi connectivity index (χ0v) is 12.3. The third-order valence-corrected chi connectivity index (χ3v) is 3.28. The van der Waals surface area contributed by atoms with Crippen molar-refractivity contribution in [3.63, 3.8) is 0 Å². The number of hydrogen-bond acceptors (Lipinski definition) is 3. The second-order valence-electron chi connectivity index (χ2n) is 4.74. The van der Waals surface area contributed by atoms with Gasteiger partial charge in [0.05, 0.1) is 11.3 Å². The average molecular weight is 316 g/mol. The van der Waals surface area contributed by atoms with Gasteiger partial charge in [-0.3, -0.25) is 4.79 Å². The van der Waals surface area contributed by atoms with Crippen LogP contribution in [0.1, 0.15) is 13.3 Å². The Balaban J connectivity index is 2.56. The number of hydrogen-bond donors (Lipinski definition) is 3. The van der Waals surface area contributed by atoms with Gasteiger partial charge < -0.3 is 16.2 Å². The molecule has 0 heterocycles. The molecule has 0 aromatic rings. The topological polar surface area (TPSA) is 113 Å². The molecule has 0 spiro atoms. The summed E-state index contributed by atoms with van der Waals surface area (Å²) >= 11 is 5.88. The Labute approximate surface area is 127 Å². The van der Waals surface area contributed by atoms with Crippen molar-refractivity contribution in [2.45, 2.75) is 18.7 Å². The van der Waals surface area contributed by atoms with Crippen molar-refractivity contribution in [2.75, 3.05) is 13.1 Å². The zero-order valence-electron chi connectivity index (χ0n) is 11.6. The van der Waals surface area contributed by atoms with E-state index in [-0.39, 0.29) is 18.5 Å². The molecule has 0 bridgehead atoms. The van der Waals surface area contributed by atoms with E-state index in [4.69, 9.17) is 22.4 Å². The average Bonchev–Trinajstić information content (AvgIpc) is 2.43. The Morgan fingerprint density at radius 2 is 2.24 bits per heavy atom. The molecule has 1 aliphatic carbocycles. The molecule has 1 aliphatic rings. The number of nitrogens with one attached hydrogen (secondary N) is 1. The molecular formula is C13H18ClN3O4. The summed E-state index contributed by atoms with van der Waals surface area (Å²) in [6.45, 7) is 1.32. The van der Waals surface area contributed by atoms with Gasteiger partial charge in [-0.05, 0) is 12.0 Å². The Bertz CT molecular complexity index is 490. The summed E-state index contributed by atoms with van der Waals surface area (Å²) in [5, 5.41) is 11.3. The highest BCUT2D eigenvalue weighted by atomic mass is 35.5. The monoisotopic (exact) mass is 315 g/mol. The minimum atomic E-state index is -1.11. The highest BCUT2D eigenvalue weighted by Gasteiger charge is 2.24. The van der Waals surface area contributed by atoms with Crippen LogP contribution in [0.15, 0.2) is 23.8 Å². The maximum atomic E-state index is 11.9. The lowest BCUT2D eigenvalue weighted by molar-refractivity contribution is -0.141. The third kappa shape index (κ3) is 5.47.